The number of aromatic nitrogens is 2. The molecule has 0 spiro atoms. The number of hydrogen-bond donors (Lipinski definition) is 1. The lowest BCUT2D eigenvalue weighted by molar-refractivity contribution is -0.165. The van der Waals surface area contributed by atoms with Crippen LogP contribution in [0.4, 0.5) is 4.79 Å². The zero-order valence-corrected chi connectivity index (χ0v) is 30.2. The number of ether oxygens (including phenoxy) is 4. The number of allylic oxidation sites excluding steroid dienone is 1. The molecule has 0 radical (unpaired) electrons. The van der Waals surface area contributed by atoms with Crippen LogP contribution in [0.15, 0.2) is 37.4 Å². The predicted octanol–water partition coefficient (Wildman–Crippen LogP) is 6.88. The molecule has 0 bridgehead atoms. The van der Waals surface area contributed by atoms with Crippen molar-refractivity contribution in [1.82, 2.24) is 20.2 Å². The van der Waals surface area contributed by atoms with Gasteiger partial charge in [-0.3, -0.25) is 4.79 Å². The number of esters is 1. The van der Waals surface area contributed by atoms with Crippen molar-refractivity contribution in [2.45, 2.75) is 116 Å². The molecule has 11 nitrogen and oxygen atoms in total. The van der Waals surface area contributed by atoms with E-state index in [1.165, 1.54) is 4.90 Å². The van der Waals surface area contributed by atoms with Crippen LogP contribution in [-0.2, 0) is 19.1 Å². The number of nitrogens with one attached hydrogen (secondary N) is 1. The second kappa shape index (κ2) is 16.5. The van der Waals surface area contributed by atoms with Crippen LogP contribution in [0.3, 0.4) is 0 Å². The van der Waals surface area contributed by atoms with Gasteiger partial charge in [0.1, 0.15) is 41.3 Å². The first-order valence-corrected chi connectivity index (χ1v) is 17.6. The first-order valence-electron chi connectivity index (χ1n) is 17.6. The van der Waals surface area contributed by atoms with Crippen LogP contribution in [0.25, 0.3) is 17.1 Å². The number of likely N-dealkylation sites (tertiary alicyclic amines) is 1. The largest absolute Gasteiger partial charge is 0.497 e. The maximum atomic E-state index is 14.4. The molecule has 1 aliphatic heterocycles. The first-order chi connectivity index (χ1) is 23.3. The Morgan fingerprint density at radius 3 is 2.49 bits per heavy atom. The van der Waals surface area contributed by atoms with E-state index < -0.39 is 47.7 Å². The number of hydrogen-bond acceptors (Lipinski definition) is 9. The maximum absolute atomic E-state index is 14.4. The number of rotatable bonds is 14. The number of carbonyl (C=O) groups is 3. The third-order valence-electron chi connectivity index (χ3n) is 9.36. The fraction of sp³-hybridized carbons (Fsp3) is 0.605. The molecule has 6 atom stereocenters. The van der Waals surface area contributed by atoms with Gasteiger partial charge in [0, 0.05) is 12.0 Å². The molecule has 1 aromatic heterocycles. The van der Waals surface area contributed by atoms with Crippen LogP contribution in [-0.4, -0.2) is 76.4 Å². The van der Waals surface area contributed by atoms with E-state index in [2.05, 4.69) is 23.5 Å². The topological polar surface area (TPSA) is 129 Å². The molecule has 2 aliphatic rings. The highest BCUT2D eigenvalue weighted by atomic mass is 16.6. The van der Waals surface area contributed by atoms with E-state index in [0.717, 1.165) is 38.5 Å². The Morgan fingerprint density at radius 1 is 1.10 bits per heavy atom. The zero-order chi connectivity index (χ0) is 35.9. The summed E-state index contributed by atoms with van der Waals surface area (Å²) in [7, 11) is 1.58. The van der Waals surface area contributed by atoms with Crippen LogP contribution < -0.4 is 14.8 Å². The Labute approximate surface area is 290 Å². The van der Waals surface area contributed by atoms with E-state index in [9.17, 15) is 14.4 Å². The summed E-state index contributed by atoms with van der Waals surface area (Å²) in [5, 5.41) is 2.85. The van der Waals surface area contributed by atoms with E-state index >= 15 is 0 Å². The number of alkyl carbamates (subject to hydrolysis) is 1. The van der Waals surface area contributed by atoms with Crippen molar-refractivity contribution in [2.75, 3.05) is 13.7 Å². The Morgan fingerprint density at radius 2 is 1.86 bits per heavy atom. The summed E-state index contributed by atoms with van der Waals surface area (Å²) in [6, 6.07) is 3.48. The summed E-state index contributed by atoms with van der Waals surface area (Å²) in [5.74, 6) is -0.520. The van der Waals surface area contributed by atoms with E-state index in [1.807, 2.05) is 26.8 Å². The number of carbonyl (C=O) groups excluding carboxylic acids is 3. The van der Waals surface area contributed by atoms with E-state index in [0.29, 0.717) is 28.9 Å². The molecule has 268 valence electrons. The summed E-state index contributed by atoms with van der Waals surface area (Å²) >= 11 is 0. The molecule has 1 saturated heterocycles. The standard InChI is InChI=1S/C38H54N4O7/c1-10-13-14-16-24-17-15-18-30(24)48-37(45)41-32(23(4)5)35(43)42-22-31(26(11-2)33(42)36(44)49-38(6,7)8)47-34-27(12-3)39-28-20-19-25(46-9)21-29(28)40-34/h10,12,19-21,23-24,26,30-33H,1,3,11,13-18,22H2,2,4-9H3,(H,41,45). The summed E-state index contributed by atoms with van der Waals surface area (Å²) in [6.07, 6.45) is 8.22. The fourth-order valence-corrected chi connectivity index (χ4v) is 6.90. The number of amides is 2. The minimum absolute atomic E-state index is 0.0730. The highest BCUT2D eigenvalue weighted by Crippen LogP contribution is 2.36. The van der Waals surface area contributed by atoms with Gasteiger partial charge in [-0.05, 0) is 95.8 Å². The van der Waals surface area contributed by atoms with Gasteiger partial charge in [0.05, 0.1) is 24.7 Å². The van der Waals surface area contributed by atoms with Gasteiger partial charge in [0.25, 0.3) is 0 Å². The van der Waals surface area contributed by atoms with Crippen molar-refractivity contribution in [2.24, 2.45) is 17.8 Å². The molecule has 2 heterocycles. The van der Waals surface area contributed by atoms with E-state index in [1.54, 1.807) is 52.2 Å². The SMILES string of the molecule is C=CCCCC1CCCC1OC(=O)NC(C(=O)N1CC(Oc2nc3cc(OC)ccc3nc2C=C)C(CC)C1C(=O)OC(C)(C)C)C(C)C. The lowest BCUT2D eigenvalue weighted by atomic mass is 9.94. The van der Waals surface area contributed by atoms with Gasteiger partial charge in [0.15, 0.2) is 0 Å². The van der Waals surface area contributed by atoms with Crippen LogP contribution in [0.2, 0.25) is 0 Å². The highest BCUT2D eigenvalue weighted by Gasteiger charge is 2.51. The Kier molecular flexibility index (Phi) is 12.7. The third-order valence-corrected chi connectivity index (χ3v) is 9.36. The average Bonchev–Trinajstić information content (AvgIpc) is 3.65. The maximum Gasteiger partial charge on any atom is 0.408 e. The van der Waals surface area contributed by atoms with Crippen molar-refractivity contribution >= 4 is 35.1 Å². The first kappa shape index (κ1) is 37.7. The smallest absolute Gasteiger partial charge is 0.408 e. The fourth-order valence-electron chi connectivity index (χ4n) is 6.90. The molecule has 4 rings (SSSR count). The third kappa shape index (κ3) is 9.30. The molecule has 2 amide bonds. The highest BCUT2D eigenvalue weighted by molar-refractivity contribution is 5.91. The molecule has 1 saturated carbocycles. The molecular weight excluding hydrogens is 624 g/mol. The molecule has 2 aromatic rings. The number of methoxy groups -OCH3 is 1. The quantitative estimate of drug-likeness (QED) is 0.129. The van der Waals surface area contributed by atoms with Gasteiger partial charge in [-0.1, -0.05) is 33.4 Å². The average molecular weight is 679 g/mol. The predicted molar refractivity (Wildman–Crippen MR) is 189 cm³/mol. The minimum Gasteiger partial charge on any atom is -0.497 e. The van der Waals surface area contributed by atoms with Crippen molar-refractivity contribution in [3.05, 3.63) is 43.1 Å². The van der Waals surface area contributed by atoms with Crippen LogP contribution in [0, 0.1) is 17.8 Å². The lowest BCUT2D eigenvalue weighted by Gasteiger charge is -2.33. The van der Waals surface area contributed by atoms with Gasteiger partial charge in [-0.2, -0.15) is 0 Å². The van der Waals surface area contributed by atoms with Gasteiger partial charge < -0.3 is 29.2 Å². The van der Waals surface area contributed by atoms with Crippen LogP contribution >= 0.6 is 0 Å². The van der Waals surface area contributed by atoms with Crippen molar-refractivity contribution in [3.8, 4) is 11.6 Å². The zero-order valence-electron chi connectivity index (χ0n) is 30.2. The Bertz CT molecular complexity index is 1500. The number of nitrogens with zero attached hydrogens (tertiary/aromatic N) is 3. The number of benzene rings is 1. The molecule has 1 N–H and O–H groups in total. The number of unbranched alkanes of at least 4 members (excludes halogenated alkanes) is 1. The Balaban J connectivity index is 1.61. The molecule has 1 aromatic carbocycles. The van der Waals surface area contributed by atoms with Crippen LogP contribution in [0.1, 0.15) is 92.2 Å². The summed E-state index contributed by atoms with van der Waals surface area (Å²) < 4.78 is 23.7. The van der Waals surface area contributed by atoms with Crippen molar-refractivity contribution < 1.29 is 33.3 Å². The summed E-state index contributed by atoms with van der Waals surface area (Å²) in [5.41, 5.74) is 0.856. The molecule has 49 heavy (non-hydrogen) atoms. The van der Waals surface area contributed by atoms with Crippen molar-refractivity contribution in [3.63, 3.8) is 0 Å². The van der Waals surface area contributed by atoms with Gasteiger partial charge in [-0.25, -0.2) is 19.6 Å². The normalized spacial score (nSPS) is 22.9. The second-order valence-corrected chi connectivity index (χ2v) is 14.4. The van der Waals surface area contributed by atoms with Gasteiger partial charge in [0.2, 0.25) is 11.8 Å². The molecule has 6 unspecified atom stereocenters. The van der Waals surface area contributed by atoms with Gasteiger partial charge >= 0.3 is 12.1 Å². The van der Waals surface area contributed by atoms with Crippen molar-refractivity contribution in [1.29, 1.82) is 0 Å². The summed E-state index contributed by atoms with van der Waals surface area (Å²) in [6.45, 7) is 18.8. The van der Waals surface area contributed by atoms with E-state index in [-0.39, 0.29) is 30.4 Å². The molecular formula is C38H54N4O7. The van der Waals surface area contributed by atoms with Gasteiger partial charge in [-0.15, -0.1) is 6.58 Å². The summed E-state index contributed by atoms with van der Waals surface area (Å²) in [4.78, 5) is 52.5. The minimum atomic E-state index is -0.953. The molecule has 1 aliphatic carbocycles. The van der Waals surface area contributed by atoms with Crippen LogP contribution in [0.5, 0.6) is 11.6 Å². The second-order valence-electron chi connectivity index (χ2n) is 14.4. The van der Waals surface area contributed by atoms with E-state index in [4.69, 9.17) is 23.9 Å². The Hall–Kier alpha value is -4.15. The molecule has 2 fully saturated rings. The molecule has 11 heteroatoms. The lowest BCUT2D eigenvalue weighted by Crippen LogP contribution is -2.55. The monoisotopic (exact) mass is 678 g/mol. The number of fused-ring (bicyclic) bond motifs is 1.